The Hall–Kier alpha value is -1.09. The van der Waals surface area contributed by atoms with Gasteiger partial charge in [0.1, 0.15) is 5.76 Å². The maximum atomic E-state index is 11.9. The Bertz CT molecular complexity index is 339. The zero-order valence-electron chi connectivity index (χ0n) is 10.2. The Morgan fingerprint density at radius 2 is 2.18 bits per heavy atom. The first kappa shape index (κ1) is 12.4. The quantitative estimate of drug-likeness (QED) is 0.853. The number of rotatable bonds is 5. The summed E-state index contributed by atoms with van der Waals surface area (Å²) in [5.74, 6) is 1.47. The predicted octanol–water partition coefficient (Wildman–Crippen LogP) is 2.69. The van der Waals surface area contributed by atoms with Gasteiger partial charge < -0.3 is 10.2 Å². The van der Waals surface area contributed by atoms with Gasteiger partial charge in [-0.2, -0.15) is 0 Å². The van der Waals surface area contributed by atoms with Crippen LogP contribution in [0.1, 0.15) is 44.3 Å². The molecule has 0 amide bonds. The molecule has 0 spiro atoms. The van der Waals surface area contributed by atoms with Gasteiger partial charge in [0, 0.05) is 0 Å². The first-order valence-corrected chi connectivity index (χ1v) is 6.56. The molecule has 0 aliphatic heterocycles. The van der Waals surface area contributed by atoms with E-state index in [-0.39, 0.29) is 11.8 Å². The summed E-state index contributed by atoms with van der Waals surface area (Å²) in [6.45, 7) is 0. The third-order valence-corrected chi connectivity index (χ3v) is 3.65. The van der Waals surface area contributed by atoms with E-state index in [0.717, 1.165) is 6.42 Å². The lowest BCUT2D eigenvalue weighted by Crippen LogP contribution is -2.34. The minimum atomic E-state index is -0.316. The minimum absolute atomic E-state index is 0.102. The van der Waals surface area contributed by atoms with E-state index in [9.17, 15) is 4.79 Å². The van der Waals surface area contributed by atoms with Crippen LogP contribution in [0.25, 0.3) is 0 Å². The summed E-state index contributed by atoms with van der Waals surface area (Å²) in [6.07, 6.45) is 9.18. The van der Waals surface area contributed by atoms with Crippen LogP contribution in [0, 0.1) is 5.92 Å². The Balaban J connectivity index is 1.78. The van der Waals surface area contributed by atoms with Crippen molar-refractivity contribution in [3.63, 3.8) is 0 Å². The molecule has 0 bridgehead atoms. The predicted molar refractivity (Wildman–Crippen MR) is 66.6 cm³/mol. The molecule has 0 saturated heterocycles. The minimum Gasteiger partial charge on any atom is -0.469 e. The van der Waals surface area contributed by atoms with Gasteiger partial charge in [-0.05, 0) is 24.5 Å². The van der Waals surface area contributed by atoms with Gasteiger partial charge in [-0.3, -0.25) is 4.79 Å². The van der Waals surface area contributed by atoms with Crippen LogP contribution in [0.4, 0.5) is 0 Å². The van der Waals surface area contributed by atoms with E-state index in [1.807, 2.05) is 6.07 Å². The Morgan fingerprint density at radius 1 is 1.41 bits per heavy atom. The third kappa shape index (κ3) is 3.70. The van der Waals surface area contributed by atoms with Crippen LogP contribution in [0.5, 0.6) is 0 Å². The highest BCUT2D eigenvalue weighted by Crippen LogP contribution is 2.27. The second-order valence-corrected chi connectivity index (χ2v) is 5.07. The molecule has 2 N–H and O–H groups in total. The molecular weight excluding hydrogens is 214 g/mol. The second-order valence-electron chi connectivity index (χ2n) is 5.07. The first-order chi connectivity index (χ1) is 8.25. The highest BCUT2D eigenvalue weighted by molar-refractivity contribution is 5.85. The van der Waals surface area contributed by atoms with Gasteiger partial charge in [0.2, 0.25) is 0 Å². The number of furan rings is 1. The highest BCUT2D eigenvalue weighted by Gasteiger charge is 2.21. The fraction of sp³-hybridized carbons (Fsp3) is 0.643. The summed E-state index contributed by atoms with van der Waals surface area (Å²) in [5.41, 5.74) is 5.97. The van der Waals surface area contributed by atoms with E-state index < -0.39 is 0 Å². The fourth-order valence-electron chi connectivity index (χ4n) is 2.63. The van der Waals surface area contributed by atoms with Gasteiger partial charge in [-0.15, -0.1) is 0 Å². The van der Waals surface area contributed by atoms with Crippen LogP contribution in [-0.4, -0.2) is 11.8 Å². The lowest BCUT2D eigenvalue weighted by molar-refractivity contribution is -0.120. The lowest BCUT2D eigenvalue weighted by Gasteiger charge is -2.23. The molecular formula is C14H21NO2. The van der Waals surface area contributed by atoms with Crippen LogP contribution in [0.3, 0.4) is 0 Å². The number of carbonyl (C=O) groups excluding carboxylic acids is 1. The van der Waals surface area contributed by atoms with Crippen molar-refractivity contribution in [1.29, 1.82) is 0 Å². The molecule has 2 rings (SSSR count). The Kier molecular flexibility index (Phi) is 4.37. The van der Waals surface area contributed by atoms with Gasteiger partial charge >= 0.3 is 0 Å². The molecule has 1 unspecified atom stereocenters. The van der Waals surface area contributed by atoms with E-state index in [1.54, 1.807) is 12.3 Å². The van der Waals surface area contributed by atoms with Gasteiger partial charge in [0.05, 0.1) is 18.7 Å². The molecule has 1 atom stereocenters. The highest BCUT2D eigenvalue weighted by atomic mass is 16.3. The average Bonchev–Trinajstić information content (AvgIpc) is 2.83. The molecule has 1 fully saturated rings. The SMILES string of the molecule is NC(CC1CCCCC1)C(=O)Cc1ccco1. The number of hydrogen-bond acceptors (Lipinski definition) is 3. The number of ketones is 1. The van der Waals surface area contributed by atoms with Crippen molar-refractivity contribution in [2.75, 3.05) is 0 Å². The van der Waals surface area contributed by atoms with E-state index in [2.05, 4.69) is 0 Å². The summed E-state index contributed by atoms with van der Waals surface area (Å²) in [6, 6.07) is 3.31. The molecule has 1 heterocycles. The van der Waals surface area contributed by atoms with Crippen molar-refractivity contribution >= 4 is 5.78 Å². The summed E-state index contributed by atoms with van der Waals surface area (Å²) in [4.78, 5) is 11.9. The molecule has 1 aromatic heterocycles. The third-order valence-electron chi connectivity index (χ3n) is 3.65. The Labute approximate surface area is 102 Å². The maximum absolute atomic E-state index is 11.9. The summed E-state index contributed by atoms with van der Waals surface area (Å²) >= 11 is 0. The van der Waals surface area contributed by atoms with Crippen LogP contribution < -0.4 is 5.73 Å². The molecule has 1 aliphatic rings. The summed E-state index contributed by atoms with van der Waals surface area (Å²) in [7, 11) is 0. The maximum Gasteiger partial charge on any atom is 0.157 e. The topological polar surface area (TPSA) is 56.2 Å². The number of hydrogen-bond donors (Lipinski definition) is 1. The lowest BCUT2D eigenvalue weighted by atomic mass is 9.84. The van der Waals surface area contributed by atoms with Crippen molar-refractivity contribution in [2.45, 2.75) is 51.0 Å². The van der Waals surface area contributed by atoms with Crippen molar-refractivity contribution in [3.05, 3.63) is 24.2 Å². The van der Waals surface area contributed by atoms with E-state index >= 15 is 0 Å². The van der Waals surface area contributed by atoms with Crippen LogP contribution in [-0.2, 0) is 11.2 Å². The second kappa shape index (κ2) is 6.01. The molecule has 1 aromatic rings. The average molecular weight is 235 g/mol. The first-order valence-electron chi connectivity index (χ1n) is 6.56. The number of Topliss-reactive ketones (excluding diaryl/α,β-unsaturated/α-hetero) is 1. The van der Waals surface area contributed by atoms with Crippen LogP contribution >= 0.6 is 0 Å². The van der Waals surface area contributed by atoms with E-state index in [4.69, 9.17) is 10.2 Å². The van der Waals surface area contributed by atoms with Gasteiger partial charge in [-0.1, -0.05) is 32.1 Å². The van der Waals surface area contributed by atoms with Crippen molar-refractivity contribution in [3.8, 4) is 0 Å². The van der Waals surface area contributed by atoms with Gasteiger partial charge in [-0.25, -0.2) is 0 Å². The molecule has 3 nitrogen and oxygen atoms in total. The smallest absolute Gasteiger partial charge is 0.157 e. The largest absolute Gasteiger partial charge is 0.469 e. The van der Waals surface area contributed by atoms with Crippen molar-refractivity contribution in [2.24, 2.45) is 11.7 Å². The zero-order chi connectivity index (χ0) is 12.1. The molecule has 17 heavy (non-hydrogen) atoms. The fourth-order valence-corrected chi connectivity index (χ4v) is 2.63. The molecule has 3 heteroatoms. The number of nitrogens with two attached hydrogens (primary N) is 1. The van der Waals surface area contributed by atoms with Crippen LogP contribution in [0.15, 0.2) is 22.8 Å². The normalized spacial score (nSPS) is 19.1. The molecule has 0 radical (unpaired) electrons. The summed E-state index contributed by atoms with van der Waals surface area (Å²) < 4.78 is 5.17. The molecule has 94 valence electrons. The van der Waals surface area contributed by atoms with Crippen LogP contribution in [0.2, 0.25) is 0 Å². The molecule has 1 saturated carbocycles. The standard InChI is InChI=1S/C14H21NO2/c15-13(9-11-5-2-1-3-6-11)14(16)10-12-7-4-8-17-12/h4,7-8,11,13H,1-3,5-6,9-10,15H2. The Morgan fingerprint density at radius 3 is 2.82 bits per heavy atom. The van der Waals surface area contributed by atoms with Crippen molar-refractivity contribution in [1.82, 2.24) is 0 Å². The van der Waals surface area contributed by atoms with Crippen molar-refractivity contribution < 1.29 is 9.21 Å². The molecule has 1 aliphatic carbocycles. The summed E-state index contributed by atoms with van der Waals surface area (Å²) in [5, 5.41) is 0. The van der Waals surface area contributed by atoms with E-state index in [1.165, 1.54) is 32.1 Å². The monoisotopic (exact) mass is 235 g/mol. The van der Waals surface area contributed by atoms with Gasteiger partial charge in [0.25, 0.3) is 0 Å². The molecule has 0 aromatic carbocycles. The number of carbonyl (C=O) groups is 1. The zero-order valence-corrected chi connectivity index (χ0v) is 10.2. The van der Waals surface area contributed by atoms with E-state index in [0.29, 0.717) is 18.1 Å². The van der Waals surface area contributed by atoms with Gasteiger partial charge in [0.15, 0.2) is 5.78 Å².